The van der Waals surface area contributed by atoms with Gasteiger partial charge < -0.3 is 82.3 Å². The third kappa shape index (κ3) is 29.0. The number of nitrogens with two attached hydrogens (primary N) is 1. The normalized spacial score (nSPS) is 11.5. The number of hydrogen-bond donors (Lipinski definition) is 3. The molecule has 24 heteroatoms. The predicted molar refractivity (Wildman–Crippen MR) is 395 cm³/mol. The van der Waals surface area contributed by atoms with Gasteiger partial charge in [-0.05, 0) is 61.1 Å². The number of furan rings is 3. The molecule has 4 aromatic carbocycles. The number of carbonyl (C=O) groups excluding carboxylic acids is 2. The van der Waals surface area contributed by atoms with Gasteiger partial charge in [-0.3, -0.25) is 28.1 Å². The molecule has 8 aromatic rings. The number of rotatable bonds is 41. The maximum Gasteiger partial charge on any atom is 0.346 e. The number of carbonyl (C=O) groups is 2. The van der Waals surface area contributed by atoms with Gasteiger partial charge in [-0.1, -0.05) is 165 Å². The van der Waals surface area contributed by atoms with Gasteiger partial charge >= 0.3 is 33.8 Å². The number of aromatic nitrogens is 1. The molecule has 21 nitrogen and oxygen atoms in total. The van der Waals surface area contributed by atoms with Gasteiger partial charge in [-0.2, -0.15) is 0 Å². The molecule has 0 saturated carbocycles. The average molecular weight is 1540 g/mol. The average Bonchev–Trinajstić information content (AvgIpc) is 1.61. The van der Waals surface area contributed by atoms with Gasteiger partial charge in [-0.15, -0.1) is 0 Å². The highest BCUT2D eigenvalue weighted by molar-refractivity contribution is 5.98. The molecule has 0 saturated heterocycles. The molecular weight excluding hydrogens is 1420 g/mol. The second kappa shape index (κ2) is 45.9. The second-order valence-corrected chi connectivity index (χ2v) is 27.5. The molecule has 0 atom stereocenters. The van der Waals surface area contributed by atoms with Crippen molar-refractivity contribution in [3.8, 4) is 0 Å². The molecule has 2 amide bonds. The van der Waals surface area contributed by atoms with Gasteiger partial charge in [0.25, 0.3) is 11.1 Å². The summed E-state index contributed by atoms with van der Waals surface area (Å²) in [6.07, 6.45) is 27.4. The molecule has 4 aromatic heterocycles. The van der Waals surface area contributed by atoms with Gasteiger partial charge in [0, 0.05) is 90.4 Å². The van der Waals surface area contributed by atoms with Gasteiger partial charge in [0.1, 0.15) is 13.1 Å². The minimum atomic E-state index is -1.00. The van der Waals surface area contributed by atoms with Crippen LogP contribution >= 0.6 is 0 Å². The molecule has 0 aliphatic carbocycles. The van der Waals surface area contributed by atoms with E-state index in [0.717, 1.165) is 64.0 Å². The molecule has 0 radical (unpaired) electrons. The maximum absolute atomic E-state index is 12.9. The van der Waals surface area contributed by atoms with Crippen molar-refractivity contribution in [2.24, 2.45) is 5.73 Å². The topological polar surface area (TPSA) is 272 Å². The molecule has 558 valence electrons. The van der Waals surface area contributed by atoms with Crippen LogP contribution in [0.2, 0.25) is 0 Å². The van der Waals surface area contributed by atoms with Crippen LogP contribution in [-0.2, 0) is 42.3 Å². The quantitative estimate of drug-likeness (QED) is 0.0361. The van der Waals surface area contributed by atoms with Crippen LogP contribution in [0.5, 0.6) is 0 Å². The van der Waals surface area contributed by atoms with Crippen LogP contribution in [0.15, 0.2) is 124 Å². The lowest BCUT2D eigenvalue weighted by Crippen LogP contribution is -3.00. The SMILES string of the molecule is CCCCCCCCCCCC[N+](C)(C)Cc1ccc(CN(CCNCCN)C(C)=O)cc1.CCCCCCCCCCCC[N+](C)(C)Cc1ccc(CN(CCNCCn2c(=O)c3cc4c(=O)oc(=O)c4cc3c2=O)C(C)=O)cc1.O=c1oc(=O)c2cc3c(=O)oc(=O)c3cc12.[2H]CF.[Br-].[Br-]. The third-order valence-electron chi connectivity index (χ3n) is 18.2. The number of halogens is 3. The number of quaternary nitrogens is 2. The highest BCUT2D eigenvalue weighted by atomic mass is 79.9. The van der Waals surface area contributed by atoms with Crippen LogP contribution < -0.4 is 95.2 Å². The van der Waals surface area contributed by atoms with E-state index in [2.05, 4.69) is 114 Å². The fourth-order valence-electron chi connectivity index (χ4n) is 12.5. The van der Waals surface area contributed by atoms with E-state index in [1.807, 2.05) is 4.90 Å². The molecule has 4 N–H and O–H groups in total. The third-order valence-corrected chi connectivity index (χ3v) is 18.2. The van der Waals surface area contributed by atoms with Crippen molar-refractivity contribution in [3.63, 3.8) is 0 Å². The monoisotopic (exact) mass is 1530 g/mol. The molecule has 101 heavy (non-hydrogen) atoms. The number of alkyl halides is 1. The summed E-state index contributed by atoms with van der Waals surface area (Å²) in [4.78, 5) is 122. The molecule has 0 spiro atoms. The Kier molecular flexibility index (Phi) is 39.3. The Morgan fingerprint density at radius 1 is 0.446 bits per heavy atom. The summed E-state index contributed by atoms with van der Waals surface area (Å²) in [5.41, 5.74) is 4.46. The Bertz CT molecular complexity index is 4010. The number of nitrogens with zero attached hydrogens (tertiary/aromatic N) is 5. The second-order valence-electron chi connectivity index (χ2n) is 27.5. The zero-order chi connectivity index (χ0) is 73.2. The van der Waals surface area contributed by atoms with Crippen LogP contribution in [0.3, 0.4) is 0 Å². The van der Waals surface area contributed by atoms with E-state index in [1.165, 1.54) is 164 Å². The first-order chi connectivity index (χ1) is 47.9. The van der Waals surface area contributed by atoms with Crippen molar-refractivity contribution in [3.05, 3.63) is 178 Å². The number of amides is 2. The number of fused-ring (bicyclic) bond motifs is 4. The van der Waals surface area contributed by atoms with E-state index < -0.39 is 52.0 Å². The Hall–Kier alpha value is -6.93. The van der Waals surface area contributed by atoms with Crippen LogP contribution in [0.4, 0.5) is 4.39 Å². The first-order valence-electron chi connectivity index (χ1n) is 36.4. The molecule has 0 aliphatic rings. The fourth-order valence-corrected chi connectivity index (χ4v) is 12.5. The number of unbranched alkanes of at least 4 members (excludes halogenated alkanes) is 18. The van der Waals surface area contributed by atoms with Crippen LogP contribution in [0, 0.1) is 0 Å². The Morgan fingerprint density at radius 3 is 1.00 bits per heavy atom. The summed E-state index contributed by atoms with van der Waals surface area (Å²) in [5, 5.41) is 6.59. The standard InChI is InChI=1S/C38H53N4O6.C28H53N4O.C10H2O6.CH3F.2BrH/c1-5-6-7-8-9-10-11-12-13-14-23-42(3,4)27-30-17-15-29(16-18-30)26-40(28(2)43)21-19-39-20-22-41-35(44)31-24-33-34(25-32(31)36(41)45)38(47)48-37(33)46;1-5-6-7-8-9-10-11-12-13-14-23-32(3,4)25-28-17-15-27(16-18-28)24-31(26(2)33)22-21-30-20-19-29;11-7-3-1-4-6(10(14)16-8(4)12)2-5(3)9(13)15-7;1-2;;/h15-18,24-25,39H,5-14,19-23,26-27H2,1-4H3;15-18,30H,5-14,19-25,29H2,1-4H3;1-2H;1H3;2*1H/q2*+1;;;;/p-2/i;;;1D;;. The van der Waals surface area contributed by atoms with Crippen LogP contribution in [0.25, 0.3) is 43.1 Å². The molecule has 4 heterocycles. The van der Waals surface area contributed by atoms with Crippen molar-refractivity contribution < 1.29 is 71.5 Å². The predicted octanol–water partition coefficient (Wildman–Crippen LogP) is 4.01. The van der Waals surface area contributed by atoms with Crippen molar-refractivity contribution in [1.82, 2.24) is 25.0 Å². The van der Waals surface area contributed by atoms with Crippen molar-refractivity contribution >= 4 is 54.9 Å². The fraction of sp³-hybridized carbons (Fsp3) is 0.558. The lowest BCUT2D eigenvalue weighted by atomic mass is 10.1. The molecule has 0 fully saturated rings. The number of nitrogens with one attached hydrogen (secondary N) is 2. The van der Waals surface area contributed by atoms with Gasteiger partial charge in [0.15, 0.2) is 0 Å². The molecule has 0 unspecified atom stereocenters. The van der Waals surface area contributed by atoms with E-state index in [1.54, 1.807) is 18.7 Å². The van der Waals surface area contributed by atoms with Gasteiger partial charge in [0.2, 0.25) is 11.8 Å². The summed E-state index contributed by atoms with van der Waals surface area (Å²) < 4.78 is 31.8. The largest absolute Gasteiger partial charge is 1.00 e. The Morgan fingerprint density at radius 2 is 0.713 bits per heavy atom. The number of benzene rings is 4. The summed E-state index contributed by atoms with van der Waals surface area (Å²) in [7, 11) is 8.28. The van der Waals surface area contributed by atoms with E-state index in [9.17, 15) is 52.3 Å². The molecule has 8 rings (SSSR count). The first-order valence-corrected chi connectivity index (χ1v) is 35.7. The molecule has 0 bridgehead atoms. The van der Waals surface area contributed by atoms with E-state index in [-0.39, 0.29) is 95.4 Å². The minimum absolute atomic E-state index is 0. The smallest absolute Gasteiger partial charge is 0.346 e. The first kappa shape index (κ1) is 86.5. The zero-order valence-corrected chi connectivity index (χ0v) is 64.1. The lowest BCUT2D eigenvalue weighted by molar-refractivity contribution is -0.903. The van der Waals surface area contributed by atoms with E-state index >= 15 is 0 Å². The molecule has 0 aliphatic heterocycles. The maximum atomic E-state index is 12.9. The summed E-state index contributed by atoms with van der Waals surface area (Å²) in [6, 6.07) is 22.2. The summed E-state index contributed by atoms with van der Waals surface area (Å²) >= 11 is 0. The highest BCUT2D eigenvalue weighted by Crippen LogP contribution is 2.20. The van der Waals surface area contributed by atoms with Crippen molar-refractivity contribution in [2.75, 3.05) is 94.2 Å². The molecular formula is C77H111Br2FN8O13. The van der Waals surface area contributed by atoms with Crippen LogP contribution in [0.1, 0.15) is 180 Å². The van der Waals surface area contributed by atoms with Gasteiger partial charge in [0.05, 0.1) is 92.9 Å². The summed E-state index contributed by atoms with van der Waals surface area (Å²) in [5.74, 6) is 0.0829. The number of hydrogen-bond acceptors (Lipinski definition) is 16. The Balaban J connectivity index is 0.000000430. The lowest BCUT2D eigenvalue weighted by Gasteiger charge is -2.30. The van der Waals surface area contributed by atoms with Crippen LogP contribution in [-0.4, -0.2) is 129 Å². The van der Waals surface area contributed by atoms with E-state index in [4.69, 9.17) is 7.10 Å². The van der Waals surface area contributed by atoms with Gasteiger partial charge in [-0.25, -0.2) is 28.8 Å². The highest BCUT2D eigenvalue weighted by Gasteiger charge is 2.21. The van der Waals surface area contributed by atoms with Crippen molar-refractivity contribution in [2.45, 2.75) is 189 Å². The van der Waals surface area contributed by atoms with E-state index in [0.29, 0.717) is 45.8 Å². The van der Waals surface area contributed by atoms with Crippen molar-refractivity contribution in [1.29, 1.82) is 0 Å². The minimum Gasteiger partial charge on any atom is -1.00 e. The Labute approximate surface area is 615 Å². The zero-order valence-electron chi connectivity index (χ0n) is 61.9. The summed E-state index contributed by atoms with van der Waals surface area (Å²) in [6.45, 7) is 17.6.